The zero-order valence-corrected chi connectivity index (χ0v) is 13.0. The van der Waals surface area contributed by atoms with Crippen molar-refractivity contribution in [1.29, 1.82) is 0 Å². The lowest BCUT2D eigenvalue weighted by Crippen LogP contribution is -2.36. The van der Waals surface area contributed by atoms with E-state index in [0.717, 1.165) is 12.8 Å². The van der Waals surface area contributed by atoms with Gasteiger partial charge >= 0.3 is 0 Å². The van der Waals surface area contributed by atoms with Crippen LogP contribution in [-0.4, -0.2) is 24.6 Å². The number of hydrogen-bond donors (Lipinski definition) is 2. The molecule has 1 aliphatic rings. The van der Waals surface area contributed by atoms with Gasteiger partial charge in [-0.3, -0.25) is 0 Å². The van der Waals surface area contributed by atoms with E-state index < -0.39 is 10.0 Å². The Labute approximate surface area is 121 Å². The van der Waals surface area contributed by atoms with Crippen molar-refractivity contribution in [2.75, 3.05) is 6.54 Å². The smallest absolute Gasteiger partial charge is 0.242 e. The number of aromatic nitrogens is 1. The largest absolute Gasteiger partial charge is 0.390 e. The van der Waals surface area contributed by atoms with Crippen molar-refractivity contribution in [2.24, 2.45) is 12.5 Å². The Hall–Kier alpha value is -0.850. The van der Waals surface area contributed by atoms with Gasteiger partial charge in [0.1, 0.15) is 0 Å². The van der Waals surface area contributed by atoms with Crippen LogP contribution in [0.1, 0.15) is 44.7 Å². The highest BCUT2D eigenvalue weighted by Crippen LogP contribution is 2.35. The molecule has 0 bridgehead atoms. The van der Waals surface area contributed by atoms with Crippen LogP contribution in [-0.2, 0) is 23.7 Å². The first-order valence-electron chi connectivity index (χ1n) is 7.12. The Morgan fingerprint density at radius 2 is 2.00 bits per heavy atom. The van der Waals surface area contributed by atoms with E-state index >= 15 is 0 Å². The third-order valence-corrected chi connectivity index (χ3v) is 5.67. The second kappa shape index (κ2) is 5.87. The average molecular weight is 300 g/mol. The van der Waals surface area contributed by atoms with Gasteiger partial charge in [-0.1, -0.05) is 26.2 Å². The summed E-state index contributed by atoms with van der Waals surface area (Å²) in [6.07, 6.45) is 7.30. The minimum atomic E-state index is -3.49. The van der Waals surface area contributed by atoms with E-state index in [9.17, 15) is 8.42 Å². The van der Waals surface area contributed by atoms with E-state index in [0.29, 0.717) is 12.2 Å². The molecule has 2 rings (SSSR count). The zero-order valence-electron chi connectivity index (χ0n) is 12.2. The molecule has 0 radical (unpaired) electrons. The topological polar surface area (TPSA) is 71.3 Å². The molecular weight excluding hydrogens is 276 g/mol. The SMILES string of the molecule is Cn1cc(S(=O)(=O)NCC2(C)CCCCC2)cc1CO. The Balaban J connectivity index is 2.06. The molecule has 2 N–H and O–H groups in total. The number of rotatable bonds is 5. The zero-order chi connectivity index (χ0) is 14.8. The summed E-state index contributed by atoms with van der Waals surface area (Å²) in [5.41, 5.74) is 0.661. The van der Waals surface area contributed by atoms with Crippen LogP contribution in [0.15, 0.2) is 17.2 Å². The highest BCUT2D eigenvalue weighted by Gasteiger charge is 2.29. The lowest BCUT2D eigenvalue weighted by Gasteiger charge is -2.33. The molecule has 5 nitrogen and oxygen atoms in total. The number of aliphatic hydroxyl groups excluding tert-OH is 1. The average Bonchev–Trinajstić information content (AvgIpc) is 2.80. The Kier molecular flexibility index (Phi) is 4.56. The van der Waals surface area contributed by atoms with Gasteiger partial charge < -0.3 is 9.67 Å². The molecule has 0 aromatic carbocycles. The van der Waals surface area contributed by atoms with E-state index in [1.54, 1.807) is 11.6 Å². The molecule has 0 atom stereocenters. The van der Waals surface area contributed by atoms with Gasteiger partial charge in [-0.25, -0.2) is 13.1 Å². The van der Waals surface area contributed by atoms with Gasteiger partial charge in [-0.05, 0) is 24.3 Å². The summed E-state index contributed by atoms with van der Waals surface area (Å²) in [6.45, 7) is 2.47. The van der Waals surface area contributed by atoms with Crippen LogP contribution in [0.4, 0.5) is 0 Å². The molecule has 1 aromatic heterocycles. The summed E-state index contributed by atoms with van der Waals surface area (Å²) in [7, 11) is -1.76. The maximum atomic E-state index is 12.3. The number of hydrogen-bond acceptors (Lipinski definition) is 3. The third-order valence-electron chi connectivity index (χ3n) is 4.30. The summed E-state index contributed by atoms with van der Waals surface area (Å²) in [6, 6.07) is 1.52. The molecule has 0 spiro atoms. The van der Waals surface area contributed by atoms with Crippen molar-refractivity contribution in [3.8, 4) is 0 Å². The first-order valence-corrected chi connectivity index (χ1v) is 8.60. The van der Waals surface area contributed by atoms with Crippen LogP contribution in [0.5, 0.6) is 0 Å². The summed E-state index contributed by atoms with van der Waals surface area (Å²) in [5, 5.41) is 9.14. The molecule has 20 heavy (non-hydrogen) atoms. The fourth-order valence-corrected chi connectivity index (χ4v) is 4.11. The number of nitrogens with one attached hydrogen (secondary N) is 1. The fourth-order valence-electron chi connectivity index (χ4n) is 2.82. The van der Waals surface area contributed by atoms with E-state index in [2.05, 4.69) is 11.6 Å². The van der Waals surface area contributed by atoms with Crippen LogP contribution in [0.25, 0.3) is 0 Å². The predicted molar refractivity (Wildman–Crippen MR) is 77.7 cm³/mol. The summed E-state index contributed by atoms with van der Waals surface area (Å²) >= 11 is 0. The minimum Gasteiger partial charge on any atom is -0.390 e. The van der Waals surface area contributed by atoms with E-state index in [1.807, 2.05) is 0 Å². The van der Waals surface area contributed by atoms with Crippen LogP contribution in [0.3, 0.4) is 0 Å². The molecule has 114 valence electrons. The highest BCUT2D eigenvalue weighted by molar-refractivity contribution is 7.89. The molecule has 0 amide bonds. The van der Waals surface area contributed by atoms with Crippen molar-refractivity contribution >= 4 is 10.0 Å². The van der Waals surface area contributed by atoms with E-state index in [1.165, 1.54) is 31.5 Å². The van der Waals surface area contributed by atoms with Gasteiger partial charge in [0.25, 0.3) is 0 Å². The first-order chi connectivity index (χ1) is 9.36. The van der Waals surface area contributed by atoms with Gasteiger partial charge in [0.15, 0.2) is 0 Å². The fraction of sp³-hybridized carbons (Fsp3) is 0.714. The molecular formula is C14H24N2O3S. The Morgan fingerprint density at radius 1 is 1.35 bits per heavy atom. The highest BCUT2D eigenvalue weighted by atomic mass is 32.2. The van der Waals surface area contributed by atoms with Gasteiger partial charge in [0.2, 0.25) is 10.0 Å². The number of nitrogens with zero attached hydrogens (tertiary/aromatic N) is 1. The monoisotopic (exact) mass is 300 g/mol. The van der Waals surface area contributed by atoms with Crippen LogP contribution < -0.4 is 4.72 Å². The van der Waals surface area contributed by atoms with Crippen molar-refractivity contribution in [3.05, 3.63) is 18.0 Å². The maximum absolute atomic E-state index is 12.3. The Bertz CT molecular complexity index is 557. The standard InChI is InChI=1S/C14H24N2O3S/c1-14(6-4-3-5-7-14)11-15-20(18,19)13-8-12(10-17)16(2)9-13/h8-9,15,17H,3-7,10-11H2,1-2H3. The first kappa shape index (κ1) is 15.5. The van der Waals surface area contributed by atoms with Crippen molar-refractivity contribution in [2.45, 2.75) is 50.5 Å². The van der Waals surface area contributed by atoms with Crippen LogP contribution in [0.2, 0.25) is 0 Å². The summed E-state index contributed by atoms with van der Waals surface area (Å²) in [4.78, 5) is 0.225. The molecule has 0 aliphatic heterocycles. The number of aryl methyl sites for hydroxylation is 1. The quantitative estimate of drug-likeness (QED) is 0.870. The molecule has 1 heterocycles. The summed E-state index contributed by atoms with van der Waals surface area (Å²) in [5.74, 6) is 0. The normalized spacial score (nSPS) is 19.1. The van der Waals surface area contributed by atoms with E-state index in [-0.39, 0.29) is 16.9 Å². The lowest BCUT2D eigenvalue weighted by atomic mass is 9.76. The summed E-state index contributed by atoms with van der Waals surface area (Å²) < 4.78 is 28.9. The van der Waals surface area contributed by atoms with Crippen molar-refractivity contribution in [1.82, 2.24) is 9.29 Å². The van der Waals surface area contributed by atoms with Gasteiger partial charge in [-0.2, -0.15) is 0 Å². The van der Waals surface area contributed by atoms with Gasteiger partial charge in [-0.15, -0.1) is 0 Å². The molecule has 6 heteroatoms. The van der Waals surface area contributed by atoms with Gasteiger partial charge in [0, 0.05) is 25.5 Å². The molecule has 1 aliphatic carbocycles. The molecule has 0 unspecified atom stereocenters. The van der Waals surface area contributed by atoms with Crippen LogP contribution in [0, 0.1) is 5.41 Å². The molecule has 1 saturated carbocycles. The number of sulfonamides is 1. The second-order valence-electron chi connectivity index (χ2n) is 6.13. The maximum Gasteiger partial charge on any atom is 0.242 e. The number of aliphatic hydroxyl groups is 1. The minimum absolute atomic E-state index is 0.0694. The molecule has 1 fully saturated rings. The van der Waals surface area contributed by atoms with Crippen molar-refractivity contribution in [3.63, 3.8) is 0 Å². The molecule has 0 saturated heterocycles. The third kappa shape index (κ3) is 3.42. The predicted octanol–water partition coefficient (Wildman–Crippen LogP) is 1.77. The van der Waals surface area contributed by atoms with Crippen LogP contribution >= 0.6 is 0 Å². The van der Waals surface area contributed by atoms with Gasteiger partial charge in [0.05, 0.1) is 11.5 Å². The van der Waals surface area contributed by atoms with E-state index in [4.69, 9.17) is 5.11 Å². The second-order valence-corrected chi connectivity index (χ2v) is 7.90. The van der Waals surface area contributed by atoms with Crippen molar-refractivity contribution < 1.29 is 13.5 Å². The molecule has 1 aromatic rings. The lowest BCUT2D eigenvalue weighted by molar-refractivity contribution is 0.219. The Morgan fingerprint density at radius 3 is 2.55 bits per heavy atom.